The van der Waals surface area contributed by atoms with Gasteiger partial charge in [-0.05, 0) is 55.2 Å². The van der Waals surface area contributed by atoms with E-state index < -0.39 is 17.8 Å². The van der Waals surface area contributed by atoms with E-state index in [1.165, 1.54) is 6.08 Å². The van der Waals surface area contributed by atoms with Gasteiger partial charge in [0, 0.05) is 0 Å². The number of urea groups is 1. The molecule has 1 aliphatic rings. The average Bonchev–Trinajstić information content (AvgIpc) is 3.03. The molecule has 6 heteroatoms. The van der Waals surface area contributed by atoms with Crippen LogP contribution in [0.4, 0.5) is 10.5 Å². The van der Waals surface area contributed by atoms with E-state index in [0.717, 1.165) is 16.9 Å². The maximum absolute atomic E-state index is 12.8. The summed E-state index contributed by atoms with van der Waals surface area (Å²) >= 11 is 0. The number of rotatable bonds is 4. The van der Waals surface area contributed by atoms with Crippen LogP contribution in [0.15, 0.2) is 46.4 Å². The first-order valence-electron chi connectivity index (χ1n) is 8.48. The molecule has 0 bridgehead atoms. The van der Waals surface area contributed by atoms with E-state index in [-0.39, 0.29) is 5.57 Å². The molecule has 1 aromatic heterocycles. The Bertz CT molecular complexity index is 893. The number of hydrogen-bond acceptors (Lipinski definition) is 4. The van der Waals surface area contributed by atoms with E-state index in [4.69, 9.17) is 4.42 Å². The molecule has 1 N–H and O–H groups in total. The van der Waals surface area contributed by atoms with Gasteiger partial charge in [0.2, 0.25) is 0 Å². The molecule has 1 aromatic carbocycles. The lowest BCUT2D eigenvalue weighted by Gasteiger charge is -2.26. The molecule has 134 valence electrons. The van der Waals surface area contributed by atoms with Gasteiger partial charge in [-0.2, -0.15) is 0 Å². The number of nitrogens with zero attached hydrogens (tertiary/aromatic N) is 1. The fraction of sp³-hybridized carbons (Fsp3) is 0.250. The molecule has 1 fully saturated rings. The van der Waals surface area contributed by atoms with E-state index in [9.17, 15) is 14.4 Å². The van der Waals surface area contributed by atoms with Gasteiger partial charge >= 0.3 is 6.03 Å². The Hall–Kier alpha value is -3.15. The van der Waals surface area contributed by atoms with Crippen LogP contribution in [0.1, 0.15) is 43.3 Å². The maximum atomic E-state index is 12.8. The second kappa shape index (κ2) is 7.00. The molecule has 2 heterocycles. The SMILES string of the molecule is CC[C@@H](C)c1ccc(N2C(=O)NC(=O)/C(=C\c3ccc(C)o3)C2=O)cc1. The topological polar surface area (TPSA) is 79.6 Å². The lowest BCUT2D eigenvalue weighted by atomic mass is 9.98. The molecule has 0 aliphatic carbocycles. The Morgan fingerprint density at radius 3 is 2.38 bits per heavy atom. The van der Waals surface area contributed by atoms with Crippen molar-refractivity contribution in [1.29, 1.82) is 0 Å². The molecule has 4 amide bonds. The number of carbonyl (C=O) groups excluding carboxylic acids is 3. The van der Waals surface area contributed by atoms with Crippen molar-refractivity contribution in [2.24, 2.45) is 0 Å². The number of benzene rings is 1. The number of aryl methyl sites for hydroxylation is 1. The number of carbonyl (C=O) groups is 3. The molecule has 1 atom stereocenters. The van der Waals surface area contributed by atoms with Gasteiger partial charge in [0.25, 0.3) is 11.8 Å². The van der Waals surface area contributed by atoms with Gasteiger partial charge < -0.3 is 4.42 Å². The van der Waals surface area contributed by atoms with Crippen molar-refractivity contribution < 1.29 is 18.8 Å². The smallest absolute Gasteiger partial charge is 0.335 e. The fourth-order valence-electron chi connectivity index (χ4n) is 2.75. The quantitative estimate of drug-likeness (QED) is 0.671. The third-order valence-corrected chi connectivity index (χ3v) is 4.48. The Labute approximate surface area is 151 Å². The van der Waals surface area contributed by atoms with Crippen molar-refractivity contribution in [1.82, 2.24) is 5.32 Å². The molecule has 2 aromatic rings. The minimum absolute atomic E-state index is 0.148. The van der Waals surface area contributed by atoms with Crippen LogP contribution >= 0.6 is 0 Å². The summed E-state index contributed by atoms with van der Waals surface area (Å²) in [5, 5.41) is 2.20. The van der Waals surface area contributed by atoms with Crippen molar-refractivity contribution in [3.8, 4) is 0 Å². The van der Waals surface area contributed by atoms with Crippen molar-refractivity contribution in [3.05, 3.63) is 59.1 Å². The van der Waals surface area contributed by atoms with Crippen LogP contribution in [-0.4, -0.2) is 17.8 Å². The van der Waals surface area contributed by atoms with Gasteiger partial charge in [-0.25, -0.2) is 9.69 Å². The predicted octanol–water partition coefficient (Wildman–Crippen LogP) is 3.77. The highest BCUT2D eigenvalue weighted by atomic mass is 16.3. The lowest BCUT2D eigenvalue weighted by Crippen LogP contribution is -2.54. The van der Waals surface area contributed by atoms with Gasteiger partial charge in [-0.1, -0.05) is 26.0 Å². The summed E-state index contributed by atoms with van der Waals surface area (Å²) in [6, 6.07) is 9.83. The van der Waals surface area contributed by atoms with Crippen LogP contribution in [0.2, 0.25) is 0 Å². The van der Waals surface area contributed by atoms with Crippen LogP contribution in [0, 0.1) is 6.92 Å². The summed E-state index contributed by atoms with van der Waals surface area (Å²) in [6.07, 6.45) is 2.34. The molecule has 3 rings (SSSR count). The number of barbiturate groups is 1. The number of imide groups is 2. The highest BCUT2D eigenvalue weighted by molar-refractivity contribution is 6.39. The van der Waals surface area contributed by atoms with E-state index >= 15 is 0 Å². The molecule has 26 heavy (non-hydrogen) atoms. The second-order valence-electron chi connectivity index (χ2n) is 6.31. The zero-order chi connectivity index (χ0) is 18.8. The molecule has 0 saturated carbocycles. The molecular formula is C20H20N2O4. The van der Waals surface area contributed by atoms with Gasteiger partial charge in [0.15, 0.2) is 0 Å². The molecule has 1 aliphatic heterocycles. The van der Waals surface area contributed by atoms with Gasteiger partial charge in [0.1, 0.15) is 17.1 Å². The number of nitrogens with one attached hydrogen (secondary N) is 1. The summed E-state index contributed by atoms with van der Waals surface area (Å²) in [5.41, 5.74) is 1.39. The third-order valence-electron chi connectivity index (χ3n) is 4.48. The Morgan fingerprint density at radius 1 is 1.12 bits per heavy atom. The summed E-state index contributed by atoms with van der Waals surface area (Å²) in [7, 11) is 0. The highest BCUT2D eigenvalue weighted by Gasteiger charge is 2.37. The molecular weight excluding hydrogens is 332 g/mol. The highest BCUT2D eigenvalue weighted by Crippen LogP contribution is 2.25. The summed E-state index contributed by atoms with van der Waals surface area (Å²) in [4.78, 5) is 38.0. The Morgan fingerprint density at radius 2 is 1.81 bits per heavy atom. The second-order valence-corrected chi connectivity index (χ2v) is 6.31. The van der Waals surface area contributed by atoms with Crippen LogP contribution in [0.5, 0.6) is 0 Å². The first kappa shape index (κ1) is 17.7. The van der Waals surface area contributed by atoms with Crippen molar-refractivity contribution >= 4 is 29.6 Å². The van der Waals surface area contributed by atoms with Crippen LogP contribution in [-0.2, 0) is 9.59 Å². The average molecular weight is 352 g/mol. The number of furan rings is 1. The van der Waals surface area contributed by atoms with Crippen molar-refractivity contribution in [3.63, 3.8) is 0 Å². The minimum atomic E-state index is -0.760. The van der Waals surface area contributed by atoms with Gasteiger partial charge in [0.05, 0.1) is 5.69 Å². The standard InChI is InChI=1S/C20H20N2O4/c1-4-12(2)14-6-8-15(9-7-14)22-19(24)17(18(23)21-20(22)25)11-16-10-5-13(3)26-16/h5-12H,4H2,1-3H3,(H,21,23,25)/b17-11+/t12-/m1/s1. The molecule has 0 spiro atoms. The molecule has 6 nitrogen and oxygen atoms in total. The summed E-state index contributed by atoms with van der Waals surface area (Å²) in [6.45, 7) is 5.97. The van der Waals surface area contributed by atoms with Crippen molar-refractivity contribution in [2.75, 3.05) is 4.90 Å². The first-order valence-corrected chi connectivity index (χ1v) is 8.48. The number of hydrogen-bond donors (Lipinski definition) is 1. The van der Waals surface area contributed by atoms with Gasteiger partial charge in [-0.3, -0.25) is 14.9 Å². The maximum Gasteiger partial charge on any atom is 0.335 e. The fourth-order valence-corrected chi connectivity index (χ4v) is 2.75. The normalized spacial score (nSPS) is 17.6. The monoisotopic (exact) mass is 352 g/mol. The summed E-state index contributed by atoms with van der Waals surface area (Å²) in [5.74, 6) is 0.0104. The zero-order valence-corrected chi connectivity index (χ0v) is 14.9. The van der Waals surface area contributed by atoms with E-state index in [0.29, 0.717) is 23.1 Å². The Balaban J connectivity index is 1.94. The van der Waals surface area contributed by atoms with Crippen molar-refractivity contribution in [2.45, 2.75) is 33.1 Å². The number of amides is 4. The predicted molar refractivity (Wildman–Crippen MR) is 97.6 cm³/mol. The van der Waals surface area contributed by atoms with E-state index in [1.54, 1.807) is 31.2 Å². The minimum Gasteiger partial charge on any atom is -0.462 e. The van der Waals surface area contributed by atoms with E-state index in [1.807, 2.05) is 12.1 Å². The van der Waals surface area contributed by atoms with Crippen LogP contribution in [0.25, 0.3) is 6.08 Å². The van der Waals surface area contributed by atoms with Gasteiger partial charge in [-0.15, -0.1) is 0 Å². The van der Waals surface area contributed by atoms with Crippen LogP contribution in [0.3, 0.4) is 0 Å². The largest absolute Gasteiger partial charge is 0.462 e. The lowest BCUT2D eigenvalue weighted by molar-refractivity contribution is -0.122. The molecule has 0 radical (unpaired) electrons. The van der Waals surface area contributed by atoms with E-state index in [2.05, 4.69) is 19.2 Å². The third kappa shape index (κ3) is 3.31. The molecule has 0 unspecified atom stereocenters. The first-order chi connectivity index (χ1) is 12.4. The summed E-state index contributed by atoms with van der Waals surface area (Å²) < 4.78 is 5.39. The number of anilines is 1. The zero-order valence-electron chi connectivity index (χ0n) is 14.9. The molecule has 1 saturated heterocycles. The Kier molecular flexibility index (Phi) is 4.75. The van der Waals surface area contributed by atoms with Crippen LogP contribution < -0.4 is 10.2 Å².